The van der Waals surface area contributed by atoms with Crippen LogP contribution in [0.2, 0.25) is 0 Å². The van der Waals surface area contributed by atoms with Crippen LogP contribution in [0.3, 0.4) is 0 Å². The summed E-state index contributed by atoms with van der Waals surface area (Å²) >= 11 is 0. The standard InChI is InChI=1S/C14H15N5/c1-9-5-4-6-10(2)12(9)17-13-11-7-15-8-16-14(11)19(3)18-13/h4-8H,1-3H3,(H,17,18). The van der Waals surface area contributed by atoms with Crippen LogP contribution in [0.25, 0.3) is 11.0 Å². The molecule has 1 N–H and O–H groups in total. The van der Waals surface area contributed by atoms with Crippen molar-refractivity contribution in [2.75, 3.05) is 5.32 Å². The number of nitrogens with one attached hydrogen (secondary N) is 1. The number of aryl methyl sites for hydroxylation is 3. The highest BCUT2D eigenvalue weighted by molar-refractivity contribution is 5.89. The molecule has 96 valence electrons. The fraction of sp³-hybridized carbons (Fsp3) is 0.214. The molecule has 0 saturated carbocycles. The van der Waals surface area contributed by atoms with E-state index < -0.39 is 0 Å². The molecule has 1 aromatic carbocycles. The Morgan fingerprint density at radius 1 is 1.16 bits per heavy atom. The summed E-state index contributed by atoms with van der Waals surface area (Å²) in [7, 11) is 1.88. The Balaban J connectivity index is 2.11. The highest BCUT2D eigenvalue weighted by atomic mass is 15.3. The van der Waals surface area contributed by atoms with Crippen LogP contribution in [0.4, 0.5) is 11.5 Å². The van der Waals surface area contributed by atoms with E-state index in [1.807, 2.05) is 7.05 Å². The van der Waals surface area contributed by atoms with Crippen LogP contribution in [-0.4, -0.2) is 19.7 Å². The van der Waals surface area contributed by atoms with E-state index in [9.17, 15) is 0 Å². The second-order valence-corrected chi connectivity index (χ2v) is 4.62. The first-order valence-electron chi connectivity index (χ1n) is 6.13. The third-order valence-corrected chi connectivity index (χ3v) is 3.23. The van der Waals surface area contributed by atoms with Gasteiger partial charge in [0.05, 0.1) is 5.39 Å². The average Bonchev–Trinajstić information content (AvgIpc) is 2.72. The van der Waals surface area contributed by atoms with Crippen molar-refractivity contribution >= 4 is 22.5 Å². The third kappa shape index (κ3) is 1.93. The summed E-state index contributed by atoms with van der Waals surface area (Å²) in [5.41, 5.74) is 4.29. The zero-order valence-electron chi connectivity index (χ0n) is 11.2. The smallest absolute Gasteiger partial charge is 0.163 e. The monoisotopic (exact) mass is 253 g/mol. The van der Waals surface area contributed by atoms with Gasteiger partial charge in [-0.25, -0.2) is 14.6 Å². The zero-order valence-corrected chi connectivity index (χ0v) is 11.2. The van der Waals surface area contributed by atoms with Crippen molar-refractivity contribution in [2.45, 2.75) is 13.8 Å². The molecule has 2 aromatic heterocycles. The van der Waals surface area contributed by atoms with Crippen LogP contribution >= 0.6 is 0 Å². The lowest BCUT2D eigenvalue weighted by Gasteiger charge is -2.10. The molecule has 5 nitrogen and oxygen atoms in total. The Kier molecular flexibility index (Phi) is 2.67. The molecule has 0 amide bonds. The van der Waals surface area contributed by atoms with Gasteiger partial charge in [0.1, 0.15) is 6.33 Å². The van der Waals surface area contributed by atoms with Gasteiger partial charge in [0.15, 0.2) is 11.5 Å². The number of para-hydroxylation sites is 1. The topological polar surface area (TPSA) is 55.6 Å². The molecule has 0 bridgehead atoms. The number of aromatic nitrogens is 4. The molecule has 0 aliphatic carbocycles. The van der Waals surface area contributed by atoms with E-state index in [-0.39, 0.29) is 0 Å². The Labute approximate surface area is 111 Å². The second-order valence-electron chi connectivity index (χ2n) is 4.62. The molecule has 0 aliphatic rings. The number of hydrogen-bond acceptors (Lipinski definition) is 4. The molecule has 5 heteroatoms. The molecular weight excluding hydrogens is 238 g/mol. The van der Waals surface area contributed by atoms with Crippen molar-refractivity contribution in [1.82, 2.24) is 19.7 Å². The van der Waals surface area contributed by atoms with Crippen LogP contribution in [0.5, 0.6) is 0 Å². The molecule has 19 heavy (non-hydrogen) atoms. The summed E-state index contributed by atoms with van der Waals surface area (Å²) < 4.78 is 1.76. The highest BCUT2D eigenvalue weighted by Gasteiger charge is 2.11. The highest BCUT2D eigenvalue weighted by Crippen LogP contribution is 2.27. The maximum absolute atomic E-state index is 4.47. The molecule has 3 aromatic rings. The van der Waals surface area contributed by atoms with Crippen LogP contribution in [0.1, 0.15) is 11.1 Å². The van der Waals surface area contributed by atoms with Crippen LogP contribution in [-0.2, 0) is 7.05 Å². The van der Waals surface area contributed by atoms with Crippen LogP contribution in [0.15, 0.2) is 30.7 Å². The molecule has 3 rings (SSSR count). The van der Waals surface area contributed by atoms with E-state index >= 15 is 0 Å². The van der Waals surface area contributed by atoms with Crippen molar-refractivity contribution in [3.63, 3.8) is 0 Å². The van der Waals surface area contributed by atoms with E-state index in [0.717, 1.165) is 22.5 Å². The lowest BCUT2D eigenvalue weighted by molar-refractivity contribution is 0.789. The van der Waals surface area contributed by atoms with E-state index in [1.165, 1.54) is 17.5 Å². The van der Waals surface area contributed by atoms with Gasteiger partial charge in [0.25, 0.3) is 0 Å². The summed E-state index contributed by atoms with van der Waals surface area (Å²) in [4.78, 5) is 8.31. The van der Waals surface area contributed by atoms with E-state index in [2.05, 4.69) is 52.4 Å². The minimum absolute atomic E-state index is 0.788. The third-order valence-electron chi connectivity index (χ3n) is 3.23. The first-order valence-corrected chi connectivity index (χ1v) is 6.13. The Hall–Kier alpha value is -2.43. The van der Waals surface area contributed by atoms with Crippen molar-refractivity contribution < 1.29 is 0 Å². The van der Waals surface area contributed by atoms with E-state index in [1.54, 1.807) is 10.9 Å². The van der Waals surface area contributed by atoms with Crippen molar-refractivity contribution in [3.8, 4) is 0 Å². The summed E-state index contributed by atoms with van der Waals surface area (Å²) in [6.07, 6.45) is 3.32. The number of fused-ring (bicyclic) bond motifs is 1. The van der Waals surface area contributed by atoms with Gasteiger partial charge in [-0.1, -0.05) is 18.2 Å². The number of nitrogens with zero attached hydrogens (tertiary/aromatic N) is 4. The van der Waals surface area contributed by atoms with Gasteiger partial charge in [0, 0.05) is 18.9 Å². The summed E-state index contributed by atoms with van der Waals surface area (Å²) in [5.74, 6) is 0.788. The quantitative estimate of drug-likeness (QED) is 0.763. The van der Waals surface area contributed by atoms with Crippen molar-refractivity contribution in [2.24, 2.45) is 7.05 Å². The predicted molar refractivity (Wildman–Crippen MR) is 75.5 cm³/mol. The van der Waals surface area contributed by atoms with Gasteiger partial charge in [0.2, 0.25) is 0 Å². The van der Waals surface area contributed by atoms with Crippen molar-refractivity contribution in [3.05, 3.63) is 41.9 Å². The van der Waals surface area contributed by atoms with Gasteiger partial charge in [-0.15, -0.1) is 0 Å². The fourth-order valence-corrected chi connectivity index (χ4v) is 2.22. The largest absolute Gasteiger partial charge is 0.338 e. The van der Waals surface area contributed by atoms with Gasteiger partial charge in [-0.3, -0.25) is 0 Å². The van der Waals surface area contributed by atoms with E-state index in [4.69, 9.17) is 0 Å². The Bertz CT molecular complexity index is 724. The fourth-order valence-electron chi connectivity index (χ4n) is 2.22. The molecule has 0 aliphatic heterocycles. The van der Waals surface area contributed by atoms with Crippen LogP contribution in [0, 0.1) is 13.8 Å². The van der Waals surface area contributed by atoms with Crippen molar-refractivity contribution in [1.29, 1.82) is 0 Å². The summed E-state index contributed by atoms with van der Waals surface area (Å²) in [5, 5.41) is 8.79. The van der Waals surface area contributed by atoms with E-state index in [0.29, 0.717) is 0 Å². The molecule has 2 heterocycles. The van der Waals surface area contributed by atoms with Gasteiger partial charge < -0.3 is 5.32 Å². The van der Waals surface area contributed by atoms with Crippen LogP contribution < -0.4 is 5.32 Å². The number of benzene rings is 1. The molecule has 0 fully saturated rings. The van der Waals surface area contributed by atoms with Gasteiger partial charge >= 0.3 is 0 Å². The minimum Gasteiger partial charge on any atom is -0.338 e. The molecular formula is C14H15N5. The number of anilines is 2. The molecule has 0 saturated heterocycles. The number of rotatable bonds is 2. The molecule has 0 spiro atoms. The van der Waals surface area contributed by atoms with Gasteiger partial charge in [-0.05, 0) is 25.0 Å². The SMILES string of the molecule is Cc1cccc(C)c1Nc1nn(C)c2ncncc12. The molecule has 0 radical (unpaired) electrons. The minimum atomic E-state index is 0.788. The first kappa shape index (κ1) is 11.6. The zero-order chi connectivity index (χ0) is 13.4. The Morgan fingerprint density at radius 3 is 2.63 bits per heavy atom. The molecule has 0 unspecified atom stereocenters. The maximum atomic E-state index is 4.47. The lowest BCUT2D eigenvalue weighted by Crippen LogP contribution is -1.98. The Morgan fingerprint density at radius 2 is 1.89 bits per heavy atom. The number of hydrogen-bond donors (Lipinski definition) is 1. The first-order chi connectivity index (χ1) is 9.16. The predicted octanol–water partition coefficient (Wildman–Crippen LogP) is 2.72. The lowest BCUT2D eigenvalue weighted by atomic mass is 10.1. The average molecular weight is 253 g/mol. The normalized spacial score (nSPS) is 10.9. The van der Waals surface area contributed by atoms with Gasteiger partial charge in [-0.2, -0.15) is 5.10 Å². The maximum Gasteiger partial charge on any atom is 0.163 e. The summed E-state index contributed by atoms with van der Waals surface area (Å²) in [6.45, 7) is 4.16. The second kappa shape index (κ2) is 4.35. The molecule has 0 atom stereocenters. The summed E-state index contributed by atoms with van der Waals surface area (Å²) in [6, 6.07) is 6.21.